The Balaban J connectivity index is 0.000000359. The van der Waals surface area contributed by atoms with Crippen LogP contribution in [0.5, 0.6) is 5.75 Å². The number of rotatable bonds is 46. The van der Waals surface area contributed by atoms with Crippen molar-refractivity contribution >= 4 is 47.8 Å². The highest BCUT2D eigenvalue weighted by atomic mass is 19.2. The van der Waals surface area contributed by atoms with Gasteiger partial charge in [0, 0.05) is 69.1 Å². The number of carboxylic acids is 2. The van der Waals surface area contributed by atoms with Gasteiger partial charge >= 0.3 is 42.0 Å². The van der Waals surface area contributed by atoms with Gasteiger partial charge in [-0.15, -0.1) is 0 Å². The van der Waals surface area contributed by atoms with Crippen molar-refractivity contribution in [2.45, 2.75) is 304 Å². The maximum Gasteiger partial charge on any atom is 0.407 e. The summed E-state index contributed by atoms with van der Waals surface area (Å²) in [5.41, 5.74) is 13.5. The van der Waals surface area contributed by atoms with Crippen LogP contribution in [0.1, 0.15) is 296 Å². The molecule has 6 N–H and O–H groups in total. The van der Waals surface area contributed by atoms with E-state index in [1.165, 1.54) is 32.1 Å². The zero-order valence-corrected chi connectivity index (χ0v) is 69.9. The van der Waals surface area contributed by atoms with E-state index in [0.29, 0.717) is 44.2 Å². The number of amides is 2. The topological polar surface area (TPSA) is 276 Å². The minimum Gasteiger partial charge on any atom is -0.481 e. The zero-order chi connectivity index (χ0) is 85.0. The number of alkyl carbamates (subject to hydrolysis) is 2. The molecule has 5 aromatic carbocycles. The number of ketones is 1. The molecule has 0 radical (unpaired) electrons. The van der Waals surface area contributed by atoms with Gasteiger partial charge in [0.1, 0.15) is 36.2 Å². The van der Waals surface area contributed by atoms with Crippen LogP contribution in [0.3, 0.4) is 0 Å². The van der Waals surface area contributed by atoms with Gasteiger partial charge < -0.3 is 50.3 Å². The van der Waals surface area contributed by atoms with Crippen LogP contribution >= 0.6 is 0 Å². The molecular weight excluding hydrogens is 1480 g/mol. The molecule has 638 valence electrons. The number of hydrogen-bond acceptors (Lipinski definition) is 15. The summed E-state index contributed by atoms with van der Waals surface area (Å²) in [6, 6.07) is 32.4. The van der Waals surface area contributed by atoms with Crippen molar-refractivity contribution in [2.24, 2.45) is 11.7 Å². The van der Waals surface area contributed by atoms with Gasteiger partial charge in [0.05, 0.1) is 5.92 Å². The fourth-order valence-corrected chi connectivity index (χ4v) is 14.0. The minimum atomic E-state index is -2.30. The SMILES string of the molecule is CC(C)(C)OC(=O)CCCCCCCCCCCCCCC(=O)C[C@@H](CNC(=O)OCC1c2ccccc2-c2ccccc21)C(=O)O.CC(C)(C)OC(=O)CCCCCCCCCCCCCCC(=O)Oc1c(F)c(F)c(F)c(F)c1F.CCN(C(C)C)C(C)C.N[C@@H](CNC(=O)OCC1c2ccccc2-c2ccccc21)C(=O)O. The van der Waals surface area contributed by atoms with E-state index in [1.54, 1.807) is 0 Å². The minimum absolute atomic E-state index is 0.0312. The highest BCUT2D eigenvalue weighted by Gasteiger charge is 2.33. The lowest BCUT2D eigenvalue weighted by molar-refractivity contribution is -0.156. The van der Waals surface area contributed by atoms with Gasteiger partial charge in [-0.05, 0) is 146 Å². The van der Waals surface area contributed by atoms with Crippen LogP contribution in [0.4, 0.5) is 31.5 Å². The molecule has 5 aromatic rings. The molecule has 0 aliphatic heterocycles. The summed E-state index contributed by atoms with van der Waals surface area (Å²) in [7, 11) is 0. The third-order valence-corrected chi connectivity index (χ3v) is 19.8. The summed E-state index contributed by atoms with van der Waals surface area (Å²) in [6.45, 7) is 23.6. The molecule has 7 rings (SSSR count). The number of nitrogens with two attached hydrogens (primary N) is 1. The Morgan fingerprint density at radius 1 is 0.417 bits per heavy atom. The molecule has 2 aliphatic rings. The number of Topliss-reactive ketones (excluding diaryl/α,β-unsaturated/α-hetero) is 1. The molecule has 0 spiro atoms. The molecule has 2 amide bonds. The summed E-state index contributed by atoms with van der Waals surface area (Å²) in [6.07, 6.45) is 24.4. The number of benzene rings is 5. The molecule has 0 fully saturated rings. The monoisotopic (exact) mass is 1610 g/mol. The van der Waals surface area contributed by atoms with Crippen LogP contribution in [0.25, 0.3) is 22.3 Å². The maximum absolute atomic E-state index is 13.5. The van der Waals surface area contributed by atoms with E-state index in [9.17, 15) is 65.4 Å². The second kappa shape index (κ2) is 52.7. The van der Waals surface area contributed by atoms with Gasteiger partial charge in [0.15, 0.2) is 0 Å². The van der Waals surface area contributed by atoms with Crippen molar-refractivity contribution in [3.8, 4) is 28.0 Å². The Kier molecular flexibility index (Phi) is 45.2. The van der Waals surface area contributed by atoms with Gasteiger partial charge in [-0.3, -0.25) is 33.7 Å². The molecule has 0 saturated carbocycles. The van der Waals surface area contributed by atoms with E-state index in [-0.39, 0.29) is 68.7 Å². The van der Waals surface area contributed by atoms with Gasteiger partial charge in [0.2, 0.25) is 34.8 Å². The molecule has 0 unspecified atom stereocenters. The van der Waals surface area contributed by atoms with E-state index >= 15 is 0 Å². The van der Waals surface area contributed by atoms with Crippen LogP contribution in [0.2, 0.25) is 0 Å². The highest BCUT2D eigenvalue weighted by Crippen LogP contribution is 2.46. The predicted octanol–water partition coefficient (Wildman–Crippen LogP) is 21.1. The van der Waals surface area contributed by atoms with Crippen LogP contribution in [-0.4, -0.2) is 125 Å². The number of hydrogen-bond donors (Lipinski definition) is 5. The number of ether oxygens (including phenoxy) is 5. The van der Waals surface area contributed by atoms with Gasteiger partial charge in [0.25, 0.3) is 0 Å². The molecule has 0 bridgehead atoms. The molecular formula is C91H129F5N4O15. The van der Waals surface area contributed by atoms with E-state index in [2.05, 4.69) is 79.2 Å². The number of nitrogens with zero attached hydrogens (tertiary/aromatic N) is 1. The highest BCUT2D eigenvalue weighted by molar-refractivity contribution is 5.85. The normalized spacial score (nSPS) is 12.6. The summed E-state index contributed by atoms with van der Waals surface area (Å²) >= 11 is 0. The summed E-state index contributed by atoms with van der Waals surface area (Å²) in [4.78, 5) is 96.7. The largest absolute Gasteiger partial charge is 0.481 e. The molecule has 0 saturated heterocycles. The maximum atomic E-state index is 13.5. The quantitative estimate of drug-likeness (QED) is 0.00460. The molecule has 0 heterocycles. The number of fused-ring (bicyclic) bond motifs is 6. The number of carboxylic acid groups (broad SMARTS) is 2. The van der Waals surface area contributed by atoms with Crippen LogP contribution in [-0.2, 0) is 47.7 Å². The molecule has 115 heavy (non-hydrogen) atoms. The summed E-state index contributed by atoms with van der Waals surface area (Å²) < 4.78 is 92.1. The van der Waals surface area contributed by atoms with E-state index in [1.807, 2.05) is 114 Å². The van der Waals surface area contributed by atoms with Crippen molar-refractivity contribution in [3.05, 3.63) is 148 Å². The lowest BCUT2D eigenvalue weighted by Gasteiger charge is -2.28. The molecule has 2 aliphatic carbocycles. The van der Waals surface area contributed by atoms with Crippen molar-refractivity contribution in [1.29, 1.82) is 0 Å². The summed E-state index contributed by atoms with van der Waals surface area (Å²) in [5.74, 6) is -17.2. The average Bonchev–Trinajstić information content (AvgIpc) is 1.59. The Hall–Kier alpha value is -8.77. The van der Waals surface area contributed by atoms with Gasteiger partial charge in [-0.1, -0.05) is 232 Å². The fraction of sp³-hybridized carbons (Fsp3) is 0.582. The van der Waals surface area contributed by atoms with Gasteiger partial charge in [-0.2, -0.15) is 8.78 Å². The number of carbonyl (C=O) groups excluding carboxylic acids is 6. The zero-order valence-electron chi connectivity index (χ0n) is 69.9. The fourth-order valence-electron chi connectivity index (χ4n) is 14.0. The first-order valence-corrected chi connectivity index (χ1v) is 41.5. The number of esters is 3. The van der Waals surface area contributed by atoms with Gasteiger partial charge in [-0.25, -0.2) is 22.8 Å². The molecule has 0 aromatic heterocycles. The van der Waals surface area contributed by atoms with Crippen LogP contribution < -0.4 is 21.1 Å². The van der Waals surface area contributed by atoms with Crippen molar-refractivity contribution < 1.29 is 94.2 Å². The lowest BCUT2D eigenvalue weighted by Crippen LogP contribution is -2.42. The van der Waals surface area contributed by atoms with Crippen molar-refractivity contribution in [1.82, 2.24) is 15.5 Å². The summed E-state index contributed by atoms with van der Waals surface area (Å²) in [5, 5.41) is 23.3. The van der Waals surface area contributed by atoms with Crippen molar-refractivity contribution in [2.75, 3.05) is 32.8 Å². The standard InChI is InChI=1S/C39H55NO7.C26H37F5O4.C18H18N2O4.C8H19N/c1-39(2,3)47-36(42)25-15-13-11-9-7-5-4-6-8-10-12-14-20-30(41)26-29(37(43)44)27-40-38(45)46-28-35-33-23-18-16-21-31(33)32-22-17-19-24-34(32)35;1-26(2,3)35-19(33)17-15-13-11-9-7-5-4-6-8-10-12-14-16-18(32)34-25-23(30)21(28)20(27)22(29)24(25)31;19-16(17(21)22)9-20-18(23)24-10-15-13-7-3-1-5-11(13)12-6-2-4-8-14(12)15;1-6-9(7(2)3)8(4)5/h16-19,21-24,29,35H,4-15,20,25-28H2,1-3H3,(H,40,45)(H,43,44);4-17H2,1-3H3;1-8,15-16H,9-10,19H2,(H,20,23)(H,21,22);7-8H,6H2,1-5H3/t29-;;16-;/m0.0./s1. The second-order valence-electron chi connectivity index (χ2n) is 32.2. The first-order valence-electron chi connectivity index (χ1n) is 41.5. The third kappa shape index (κ3) is 37.4. The third-order valence-electron chi connectivity index (χ3n) is 19.8. The Morgan fingerprint density at radius 2 is 0.704 bits per heavy atom. The molecule has 24 heteroatoms. The van der Waals surface area contributed by atoms with Crippen LogP contribution in [0.15, 0.2) is 97.1 Å². The first-order chi connectivity index (χ1) is 54.7. The van der Waals surface area contributed by atoms with E-state index in [4.69, 9.17) is 29.8 Å². The number of unbranched alkanes of at least 4 members (excludes halogenated alkanes) is 22. The number of nitrogens with one attached hydrogen (secondary N) is 2. The molecule has 19 nitrogen and oxygen atoms in total. The van der Waals surface area contributed by atoms with E-state index in [0.717, 1.165) is 160 Å². The Labute approximate surface area is 678 Å². The lowest BCUT2D eigenvalue weighted by atomic mass is 9.98. The van der Waals surface area contributed by atoms with Crippen LogP contribution in [0, 0.1) is 35.0 Å². The van der Waals surface area contributed by atoms with Crippen molar-refractivity contribution in [3.63, 3.8) is 0 Å². The average molecular weight is 1610 g/mol. The number of aliphatic carboxylic acids is 2. The smallest absolute Gasteiger partial charge is 0.407 e. The molecule has 2 atom stereocenters. The van der Waals surface area contributed by atoms with E-state index < -0.39 is 88.1 Å². The number of carbonyl (C=O) groups is 8. The Morgan fingerprint density at radius 3 is 0.991 bits per heavy atom. The second-order valence-corrected chi connectivity index (χ2v) is 32.2. The predicted molar refractivity (Wildman–Crippen MR) is 438 cm³/mol. The number of halogens is 5. The Bertz CT molecular complexity index is 3690. The first kappa shape index (κ1) is 98.6.